The van der Waals surface area contributed by atoms with Crippen LogP contribution in [0.4, 0.5) is 0 Å². The van der Waals surface area contributed by atoms with Gasteiger partial charge in [-0.15, -0.1) is 0 Å². The number of hydrogen-bond donors (Lipinski definition) is 2. The number of amides is 1. The Balaban J connectivity index is 1.73. The highest BCUT2D eigenvalue weighted by atomic mass is 16.3. The van der Waals surface area contributed by atoms with Gasteiger partial charge in [0.15, 0.2) is 0 Å². The second kappa shape index (κ2) is 5.90. The molecule has 21 heavy (non-hydrogen) atoms. The van der Waals surface area contributed by atoms with Gasteiger partial charge in [-0.1, -0.05) is 6.07 Å². The van der Waals surface area contributed by atoms with Crippen LogP contribution in [0.5, 0.6) is 0 Å². The van der Waals surface area contributed by atoms with Crippen molar-refractivity contribution in [1.29, 1.82) is 0 Å². The Kier molecular flexibility index (Phi) is 3.97. The molecule has 0 unspecified atom stereocenters. The number of carbonyl (C=O) groups is 1. The highest BCUT2D eigenvalue weighted by Crippen LogP contribution is 2.25. The highest BCUT2D eigenvalue weighted by molar-refractivity contribution is 6.06. The molecule has 0 saturated heterocycles. The summed E-state index contributed by atoms with van der Waals surface area (Å²) in [7, 11) is 1.99. The first-order valence-corrected chi connectivity index (χ1v) is 7.65. The molecular weight excluding hydrogens is 264 g/mol. The number of nitrogens with zero attached hydrogens (tertiary/aromatic N) is 1. The largest absolute Gasteiger partial charge is 0.396 e. The second-order valence-corrected chi connectivity index (χ2v) is 6.04. The standard InChI is InChI=1S/C17H22N2O2/c1-19-10-9-14-15(3-2-4-16(14)19)17(21)18-13-7-5-12(11-20)6-8-13/h2-4,9-10,12-13,20H,5-8,11H2,1H3,(H,18,21). The van der Waals surface area contributed by atoms with Crippen LogP contribution < -0.4 is 5.32 Å². The minimum Gasteiger partial charge on any atom is -0.396 e. The molecule has 1 amide bonds. The lowest BCUT2D eigenvalue weighted by Crippen LogP contribution is -2.38. The maximum Gasteiger partial charge on any atom is 0.252 e. The van der Waals surface area contributed by atoms with E-state index in [0.717, 1.165) is 42.1 Å². The predicted molar refractivity (Wildman–Crippen MR) is 83.2 cm³/mol. The molecule has 1 heterocycles. The van der Waals surface area contributed by atoms with Crippen molar-refractivity contribution >= 4 is 16.8 Å². The molecule has 0 spiro atoms. The average molecular weight is 286 g/mol. The van der Waals surface area contributed by atoms with E-state index in [1.165, 1.54) is 0 Å². The summed E-state index contributed by atoms with van der Waals surface area (Å²) in [5, 5.41) is 13.3. The summed E-state index contributed by atoms with van der Waals surface area (Å²) in [4.78, 5) is 12.5. The van der Waals surface area contributed by atoms with Crippen molar-refractivity contribution in [3.63, 3.8) is 0 Å². The van der Waals surface area contributed by atoms with Gasteiger partial charge in [-0.25, -0.2) is 0 Å². The molecular formula is C17H22N2O2. The van der Waals surface area contributed by atoms with E-state index in [1.54, 1.807) is 0 Å². The molecule has 0 atom stereocenters. The lowest BCUT2D eigenvalue weighted by atomic mass is 9.86. The normalized spacial score (nSPS) is 22.4. The number of aliphatic hydroxyl groups excluding tert-OH is 1. The van der Waals surface area contributed by atoms with Crippen LogP contribution in [0.3, 0.4) is 0 Å². The van der Waals surface area contributed by atoms with Crippen molar-refractivity contribution in [3.05, 3.63) is 36.0 Å². The van der Waals surface area contributed by atoms with Crippen LogP contribution in [-0.2, 0) is 7.05 Å². The third kappa shape index (κ3) is 2.81. The van der Waals surface area contributed by atoms with Crippen molar-refractivity contribution < 1.29 is 9.90 Å². The third-order valence-electron chi connectivity index (χ3n) is 4.61. The van der Waals surface area contributed by atoms with E-state index < -0.39 is 0 Å². The van der Waals surface area contributed by atoms with E-state index >= 15 is 0 Å². The number of benzene rings is 1. The summed E-state index contributed by atoms with van der Waals surface area (Å²) in [5.74, 6) is 0.426. The van der Waals surface area contributed by atoms with Crippen LogP contribution in [0, 0.1) is 5.92 Å². The maximum absolute atomic E-state index is 12.5. The van der Waals surface area contributed by atoms with Gasteiger partial charge in [-0.3, -0.25) is 4.79 Å². The van der Waals surface area contributed by atoms with Gasteiger partial charge in [0.1, 0.15) is 0 Å². The van der Waals surface area contributed by atoms with Crippen LogP contribution in [0.15, 0.2) is 30.5 Å². The molecule has 4 heteroatoms. The van der Waals surface area contributed by atoms with Crippen molar-refractivity contribution in [2.75, 3.05) is 6.61 Å². The molecule has 1 aromatic heterocycles. The van der Waals surface area contributed by atoms with Crippen LogP contribution in [-0.4, -0.2) is 28.2 Å². The Morgan fingerprint density at radius 2 is 2.05 bits per heavy atom. The molecule has 0 bridgehead atoms. The molecule has 2 aromatic rings. The predicted octanol–water partition coefficient (Wildman–Crippen LogP) is 2.46. The molecule has 1 aliphatic carbocycles. The van der Waals surface area contributed by atoms with Gasteiger partial charge in [0.05, 0.1) is 0 Å². The minimum absolute atomic E-state index is 0.0132. The van der Waals surface area contributed by atoms with Gasteiger partial charge in [-0.05, 0) is 49.8 Å². The van der Waals surface area contributed by atoms with E-state index in [4.69, 9.17) is 5.11 Å². The van der Waals surface area contributed by atoms with Crippen LogP contribution in [0.2, 0.25) is 0 Å². The van der Waals surface area contributed by atoms with Gasteiger partial charge in [0, 0.05) is 42.4 Å². The van der Waals surface area contributed by atoms with Crippen molar-refractivity contribution in [3.8, 4) is 0 Å². The average Bonchev–Trinajstić information content (AvgIpc) is 2.89. The maximum atomic E-state index is 12.5. The van der Waals surface area contributed by atoms with E-state index in [9.17, 15) is 4.79 Å². The fourth-order valence-corrected chi connectivity index (χ4v) is 3.25. The first-order valence-electron chi connectivity index (χ1n) is 7.65. The first-order chi connectivity index (χ1) is 10.2. The topological polar surface area (TPSA) is 54.3 Å². The minimum atomic E-state index is 0.0132. The summed E-state index contributed by atoms with van der Waals surface area (Å²) in [6, 6.07) is 8.07. The quantitative estimate of drug-likeness (QED) is 0.910. The fourth-order valence-electron chi connectivity index (χ4n) is 3.25. The molecule has 2 N–H and O–H groups in total. The van der Waals surface area contributed by atoms with Gasteiger partial charge in [0.2, 0.25) is 0 Å². The number of carbonyl (C=O) groups excluding carboxylic acids is 1. The second-order valence-electron chi connectivity index (χ2n) is 6.04. The molecule has 3 rings (SSSR count). The van der Waals surface area contributed by atoms with Crippen LogP contribution in [0.1, 0.15) is 36.0 Å². The zero-order valence-corrected chi connectivity index (χ0v) is 12.4. The van der Waals surface area contributed by atoms with E-state index in [-0.39, 0.29) is 18.6 Å². The molecule has 4 nitrogen and oxygen atoms in total. The van der Waals surface area contributed by atoms with E-state index in [1.807, 2.05) is 42.1 Å². The summed E-state index contributed by atoms with van der Waals surface area (Å²) < 4.78 is 2.03. The van der Waals surface area contributed by atoms with Crippen molar-refractivity contribution in [2.24, 2.45) is 13.0 Å². The third-order valence-corrected chi connectivity index (χ3v) is 4.61. The smallest absolute Gasteiger partial charge is 0.252 e. The van der Waals surface area contributed by atoms with E-state index in [2.05, 4.69) is 5.32 Å². The molecule has 1 fully saturated rings. The number of aromatic nitrogens is 1. The Bertz CT molecular complexity index is 639. The number of fused-ring (bicyclic) bond motifs is 1. The molecule has 1 aliphatic rings. The summed E-state index contributed by atoms with van der Waals surface area (Å²) >= 11 is 0. The SMILES string of the molecule is Cn1ccc2c(C(=O)NC3CCC(CO)CC3)cccc21. The summed E-state index contributed by atoms with van der Waals surface area (Å²) in [5.41, 5.74) is 1.82. The summed E-state index contributed by atoms with van der Waals surface area (Å²) in [6.45, 7) is 0.268. The molecule has 0 aliphatic heterocycles. The van der Waals surface area contributed by atoms with Crippen molar-refractivity contribution in [2.45, 2.75) is 31.7 Å². The van der Waals surface area contributed by atoms with Crippen molar-refractivity contribution in [1.82, 2.24) is 9.88 Å². The Morgan fingerprint density at radius 1 is 1.29 bits per heavy atom. The van der Waals surface area contributed by atoms with Crippen LogP contribution in [0.25, 0.3) is 10.9 Å². The molecule has 112 valence electrons. The van der Waals surface area contributed by atoms with Gasteiger partial charge in [-0.2, -0.15) is 0 Å². The molecule has 1 saturated carbocycles. The van der Waals surface area contributed by atoms with E-state index in [0.29, 0.717) is 5.92 Å². The highest BCUT2D eigenvalue weighted by Gasteiger charge is 2.22. The lowest BCUT2D eigenvalue weighted by molar-refractivity contribution is 0.0915. The number of hydrogen-bond acceptors (Lipinski definition) is 2. The molecule has 1 aromatic carbocycles. The number of nitrogens with one attached hydrogen (secondary N) is 1. The number of rotatable bonds is 3. The zero-order valence-electron chi connectivity index (χ0n) is 12.4. The van der Waals surface area contributed by atoms with Gasteiger partial charge >= 0.3 is 0 Å². The van der Waals surface area contributed by atoms with Gasteiger partial charge in [0.25, 0.3) is 5.91 Å². The number of aryl methyl sites for hydroxylation is 1. The van der Waals surface area contributed by atoms with Gasteiger partial charge < -0.3 is 15.0 Å². The van der Waals surface area contributed by atoms with Crippen LogP contribution >= 0.6 is 0 Å². The Labute approximate surface area is 124 Å². The summed E-state index contributed by atoms with van der Waals surface area (Å²) in [6.07, 6.45) is 5.89. The Morgan fingerprint density at radius 3 is 2.76 bits per heavy atom. The lowest BCUT2D eigenvalue weighted by Gasteiger charge is -2.28. The number of aliphatic hydroxyl groups is 1. The zero-order chi connectivity index (χ0) is 14.8. The Hall–Kier alpha value is -1.81. The monoisotopic (exact) mass is 286 g/mol. The first kappa shape index (κ1) is 14.1. The molecule has 0 radical (unpaired) electrons. The fraction of sp³-hybridized carbons (Fsp3) is 0.471.